The van der Waals surface area contributed by atoms with Gasteiger partial charge in [-0.05, 0) is 29.7 Å². The van der Waals surface area contributed by atoms with Gasteiger partial charge in [0.05, 0.1) is 6.61 Å². The van der Waals surface area contributed by atoms with Crippen LogP contribution in [0.3, 0.4) is 0 Å². The molecule has 1 N–H and O–H groups in total. The van der Waals surface area contributed by atoms with Crippen molar-refractivity contribution in [3.8, 4) is 5.75 Å². The predicted molar refractivity (Wildman–Crippen MR) is 68.1 cm³/mol. The zero-order valence-electron chi connectivity index (χ0n) is 10.2. The van der Waals surface area contributed by atoms with Gasteiger partial charge in [-0.25, -0.2) is 4.79 Å². The van der Waals surface area contributed by atoms with Crippen LogP contribution in [-0.4, -0.2) is 17.7 Å². The van der Waals surface area contributed by atoms with Crippen LogP contribution >= 0.6 is 0 Å². The molecule has 3 nitrogen and oxygen atoms in total. The van der Waals surface area contributed by atoms with Crippen LogP contribution in [0.1, 0.15) is 25.8 Å². The van der Waals surface area contributed by atoms with Crippen molar-refractivity contribution in [2.24, 2.45) is 5.92 Å². The molecule has 0 aliphatic rings. The summed E-state index contributed by atoms with van der Waals surface area (Å²) in [6, 6.07) is 7.41. The summed E-state index contributed by atoms with van der Waals surface area (Å²) in [5, 5.41) is 8.53. The van der Waals surface area contributed by atoms with Crippen molar-refractivity contribution in [2.75, 3.05) is 6.61 Å². The van der Waals surface area contributed by atoms with E-state index in [0.717, 1.165) is 23.8 Å². The van der Waals surface area contributed by atoms with Crippen LogP contribution in [0.25, 0.3) is 6.08 Å². The lowest BCUT2D eigenvalue weighted by molar-refractivity contribution is -0.131. The van der Waals surface area contributed by atoms with E-state index in [0.29, 0.717) is 12.5 Å². The van der Waals surface area contributed by atoms with Crippen LogP contribution < -0.4 is 4.74 Å². The Balaban J connectivity index is 2.62. The monoisotopic (exact) mass is 234 g/mol. The lowest BCUT2D eigenvalue weighted by Crippen LogP contribution is -2.07. The molecule has 1 atom stereocenters. The molecule has 0 heterocycles. The average molecular weight is 234 g/mol. The second-order valence-corrected chi connectivity index (χ2v) is 4.07. The van der Waals surface area contributed by atoms with Crippen LogP contribution in [0.2, 0.25) is 0 Å². The summed E-state index contributed by atoms with van der Waals surface area (Å²) < 4.78 is 5.62. The quantitative estimate of drug-likeness (QED) is 0.769. The summed E-state index contributed by atoms with van der Waals surface area (Å²) >= 11 is 0. The van der Waals surface area contributed by atoms with E-state index in [-0.39, 0.29) is 0 Å². The van der Waals surface area contributed by atoms with E-state index in [4.69, 9.17) is 9.84 Å². The van der Waals surface area contributed by atoms with E-state index in [9.17, 15) is 4.79 Å². The topological polar surface area (TPSA) is 46.5 Å². The van der Waals surface area contributed by atoms with E-state index in [1.165, 1.54) is 0 Å². The van der Waals surface area contributed by atoms with Gasteiger partial charge >= 0.3 is 5.97 Å². The van der Waals surface area contributed by atoms with Crippen molar-refractivity contribution in [1.29, 1.82) is 0 Å². The second kappa shape index (κ2) is 6.74. The molecule has 0 fully saturated rings. The van der Waals surface area contributed by atoms with E-state index in [1.54, 1.807) is 6.08 Å². The minimum absolute atomic E-state index is 0.521. The number of benzene rings is 1. The highest BCUT2D eigenvalue weighted by Gasteiger charge is 2.00. The molecule has 0 aromatic heterocycles. The van der Waals surface area contributed by atoms with Crippen molar-refractivity contribution in [3.63, 3.8) is 0 Å². The first-order chi connectivity index (χ1) is 8.11. The number of hydrogen-bond donors (Lipinski definition) is 1. The van der Waals surface area contributed by atoms with Crippen LogP contribution in [0.15, 0.2) is 30.3 Å². The Morgan fingerprint density at radius 3 is 2.94 bits per heavy atom. The lowest BCUT2D eigenvalue weighted by Gasteiger charge is -2.11. The number of hydrogen-bond acceptors (Lipinski definition) is 2. The number of carboxylic acids is 1. The predicted octanol–water partition coefficient (Wildman–Crippen LogP) is 3.21. The molecular weight excluding hydrogens is 216 g/mol. The normalized spacial score (nSPS) is 12.6. The number of carbonyl (C=O) groups is 1. The molecule has 17 heavy (non-hydrogen) atoms. The maximum Gasteiger partial charge on any atom is 0.328 e. The molecule has 0 saturated carbocycles. The van der Waals surface area contributed by atoms with Crippen molar-refractivity contribution in [1.82, 2.24) is 0 Å². The SMILES string of the molecule is CCC(C)COc1cccc(C=CC(=O)O)c1. The van der Waals surface area contributed by atoms with Crippen molar-refractivity contribution in [3.05, 3.63) is 35.9 Å². The first-order valence-corrected chi connectivity index (χ1v) is 5.75. The highest BCUT2D eigenvalue weighted by Crippen LogP contribution is 2.15. The Hall–Kier alpha value is -1.77. The Morgan fingerprint density at radius 2 is 2.29 bits per heavy atom. The maximum atomic E-state index is 10.4. The summed E-state index contributed by atoms with van der Waals surface area (Å²) in [5.74, 6) is 0.349. The van der Waals surface area contributed by atoms with Gasteiger partial charge in [0.1, 0.15) is 5.75 Å². The molecule has 1 rings (SSSR count). The minimum Gasteiger partial charge on any atom is -0.493 e. The first-order valence-electron chi connectivity index (χ1n) is 5.75. The van der Waals surface area contributed by atoms with E-state index < -0.39 is 5.97 Å². The van der Waals surface area contributed by atoms with Crippen LogP contribution in [0.5, 0.6) is 5.75 Å². The molecule has 1 aromatic carbocycles. The molecule has 1 unspecified atom stereocenters. The zero-order chi connectivity index (χ0) is 12.7. The fourth-order valence-corrected chi connectivity index (χ4v) is 1.23. The molecular formula is C14H18O3. The zero-order valence-corrected chi connectivity index (χ0v) is 10.2. The van der Waals surface area contributed by atoms with Gasteiger partial charge in [-0.1, -0.05) is 32.4 Å². The average Bonchev–Trinajstić information content (AvgIpc) is 2.34. The summed E-state index contributed by atoms with van der Waals surface area (Å²) in [5.41, 5.74) is 0.828. The Morgan fingerprint density at radius 1 is 1.53 bits per heavy atom. The summed E-state index contributed by atoms with van der Waals surface area (Å²) in [7, 11) is 0. The fraction of sp³-hybridized carbons (Fsp3) is 0.357. The van der Waals surface area contributed by atoms with Crippen molar-refractivity contribution in [2.45, 2.75) is 20.3 Å². The lowest BCUT2D eigenvalue weighted by atomic mass is 10.1. The third-order valence-electron chi connectivity index (χ3n) is 2.51. The fourth-order valence-electron chi connectivity index (χ4n) is 1.23. The maximum absolute atomic E-state index is 10.4. The highest BCUT2D eigenvalue weighted by atomic mass is 16.5. The van der Waals surface area contributed by atoms with Gasteiger partial charge in [-0.15, -0.1) is 0 Å². The third-order valence-corrected chi connectivity index (χ3v) is 2.51. The molecule has 0 radical (unpaired) electrons. The van der Waals surface area contributed by atoms with Crippen LogP contribution in [-0.2, 0) is 4.79 Å². The Labute approximate surface area is 102 Å². The standard InChI is InChI=1S/C14H18O3/c1-3-11(2)10-17-13-6-4-5-12(9-13)7-8-14(15)16/h4-9,11H,3,10H2,1-2H3,(H,15,16). The van der Waals surface area contributed by atoms with E-state index in [1.807, 2.05) is 24.3 Å². The molecule has 3 heteroatoms. The van der Waals surface area contributed by atoms with Gasteiger partial charge in [-0.3, -0.25) is 0 Å². The largest absolute Gasteiger partial charge is 0.493 e. The molecule has 0 spiro atoms. The Bertz CT molecular complexity index is 396. The number of ether oxygens (including phenoxy) is 1. The van der Waals surface area contributed by atoms with Gasteiger partial charge in [0, 0.05) is 6.08 Å². The molecule has 0 aliphatic heterocycles. The molecule has 0 amide bonds. The van der Waals surface area contributed by atoms with Gasteiger partial charge in [0.15, 0.2) is 0 Å². The highest BCUT2D eigenvalue weighted by molar-refractivity contribution is 5.85. The number of rotatable bonds is 6. The van der Waals surface area contributed by atoms with Gasteiger partial charge < -0.3 is 9.84 Å². The second-order valence-electron chi connectivity index (χ2n) is 4.07. The minimum atomic E-state index is -0.948. The molecule has 0 aliphatic carbocycles. The first kappa shape index (κ1) is 13.3. The van der Waals surface area contributed by atoms with Gasteiger partial charge in [-0.2, -0.15) is 0 Å². The molecule has 0 bridgehead atoms. The molecule has 92 valence electrons. The third kappa shape index (κ3) is 5.20. The summed E-state index contributed by atoms with van der Waals surface area (Å²) in [6.07, 6.45) is 3.75. The summed E-state index contributed by atoms with van der Waals surface area (Å²) in [4.78, 5) is 10.4. The molecule has 0 saturated heterocycles. The number of aliphatic carboxylic acids is 1. The van der Waals surface area contributed by atoms with Crippen molar-refractivity contribution < 1.29 is 14.6 Å². The van der Waals surface area contributed by atoms with Gasteiger partial charge in [0.2, 0.25) is 0 Å². The van der Waals surface area contributed by atoms with Crippen LogP contribution in [0, 0.1) is 5.92 Å². The van der Waals surface area contributed by atoms with E-state index >= 15 is 0 Å². The summed E-state index contributed by atoms with van der Waals surface area (Å²) in [6.45, 7) is 4.94. The van der Waals surface area contributed by atoms with Crippen molar-refractivity contribution >= 4 is 12.0 Å². The van der Waals surface area contributed by atoms with E-state index in [2.05, 4.69) is 13.8 Å². The number of carboxylic acid groups (broad SMARTS) is 1. The van der Waals surface area contributed by atoms with Gasteiger partial charge in [0.25, 0.3) is 0 Å². The Kier molecular flexibility index (Phi) is 5.27. The smallest absolute Gasteiger partial charge is 0.328 e. The molecule has 1 aromatic rings. The van der Waals surface area contributed by atoms with Crippen LogP contribution in [0.4, 0.5) is 0 Å².